The Hall–Kier alpha value is -1.000. The number of hydrogen-bond acceptors (Lipinski definition) is 2. The lowest BCUT2D eigenvalue weighted by atomic mass is 9.81. The molecule has 2 rings (SSSR count). The van der Waals surface area contributed by atoms with Crippen molar-refractivity contribution in [2.24, 2.45) is 5.41 Å². The zero-order valence-electron chi connectivity index (χ0n) is 14.5. The van der Waals surface area contributed by atoms with Crippen LogP contribution in [0.3, 0.4) is 0 Å². The maximum absolute atomic E-state index is 12.5. The van der Waals surface area contributed by atoms with Gasteiger partial charge in [-0.3, -0.25) is 4.79 Å². The second kappa shape index (κ2) is 7.51. The Labute approximate surface area is 140 Å². The topological polar surface area (TPSA) is 46.1 Å². The Balaban J connectivity index is 0.00000242. The summed E-state index contributed by atoms with van der Waals surface area (Å²) < 4.78 is 2.22. The van der Waals surface area contributed by atoms with Gasteiger partial charge in [-0.1, -0.05) is 6.92 Å². The van der Waals surface area contributed by atoms with E-state index in [1.807, 2.05) is 13.0 Å². The number of amides is 1. The molecule has 1 aliphatic heterocycles. The fourth-order valence-electron chi connectivity index (χ4n) is 3.40. The van der Waals surface area contributed by atoms with Crippen molar-refractivity contribution in [3.63, 3.8) is 0 Å². The van der Waals surface area contributed by atoms with Crippen LogP contribution in [0.4, 0.5) is 0 Å². The second-order valence-corrected chi connectivity index (χ2v) is 6.99. The van der Waals surface area contributed by atoms with Gasteiger partial charge in [0.25, 0.3) is 5.91 Å². The minimum absolute atomic E-state index is 0. The number of nitrogens with zero attached hydrogens (tertiary/aromatic N) is 1. The fraction of sp³-hybridized carbons (Fsp3) is 0.706. The molecular formula is C17H30ClN3O. The molecule has 1 aliphatic rings. The van der Waals surface area contributed by atoms with Gasteiger partial charge in [0.1, 0.15) is 0 Å². The van der Waals surface area contributed by atoms with Crippen LogP contribution >= 0.6 is 12.4 Å². The first-order chi connectivity index (χ1) is 9.84. The molecule has 0 aromatic carbocycles. The normalized spacial score (nSPS) is 17.2. The number of carbonyl (C=O) groups excluding carboxylic acids is 1. The molecule has 0 spiro atoms. The van der Waals surface area contributed by atoms with Gasteiger partial charge in [-0.15, -0.1) is 12.4 Å². The zero-order chi connectivity index (χ0) is 15.6. The molecule has 1 amide bonds. The van der Waals surface area contributed by atoms with Crippen molar-refractivity contribution in [3.8, 4) is 0 Å². The van der Waals surface area contributed by atoms with Gasteiger partial charge in [0.2, 0.25) is 0 Å². The smallest absolute Gasteiger partial charge is 0.253 e. The summed E-state index contributed by atoms with van der Waals surface area (Å²) >= 11 is 0. The molecule has 22 heavy (non-hydrogen) atoms. The standard InChI is InChI=1S/C17H29N3O.ClH/c1-12(2)20-13(3)10-15(14(20)4)16(21)19-11-17(5)6-8-18-9-7-17;/h10,12,18H,6-9,11H2,1-5H3,(H,19,21);1H. The van der Waals surface area contributed by atoms with Crippen LogP contribution in [0.2, 0.25) is 0 Å². The molecular weight excluding hydrogens is 298 g/mol. The molecule has 1 aromatic rings. The quantitative estimate of drug-likeness (QED) is 0.892. The number of halogens is 1. The molecule has 2 N–H and O–H groups in total. The predicted octanol–water partition coefficient (Wildman–Crippen LogP) is 3.23. The van der Waals surface area contributed by atoms with Crippen molar-refractivity contribution in [2.45, 2.75) is 53.5 Å². The Bertz CT molecular complexity index is 516. The summed E-state index contributed by atoms with van der Waals surface area (Å²) in [6.45, 7) is 13.5. The Morgan fingerprint density at radius 3 is 2.45 bits per heavy atom. The molecule has 2 heterocycles. The van der Waals surface area contributed by atoms with E-state index in [0.717, 1.165) is 49.4 Å². The third-order valence-electron chi connectivity index (χ3n) is 4.73. The summed E-state index contributed by atoms with van der Waals surface area (Å²) in [6, 6.07) is 2.39. The van der Waals surface area contributed by atoms with Crippen molar-refractivity contribution < 1.29 is 4.79 Å². The van der Waals surface area contributed by atoms with Crippen LogP contribution in [0, 0.1) is 19.3 Å². The summed E-state index contributed by atoms with van der Waals surface area (Å²) in [7, 11) is 0. The van der Waals surface area contributed by atoms with Gasteiger partial charge in [-0.25, -0.2) is 0 Å². The van der Waals surface area contributed by atoms with Crippen molar-refractivity contribution in [3.05, 3.63) is 23.0 Å². The molecule has 0 unspecified atom stereocenters. The van der Waals surface area contributed by atoms with Crippen molar-refractivity contribution in [1.82, 2.24) is 15.2 Å². The predicted molar refractivity (Wildman–Crippen MR) is 94.1 cm³/mol. The number of nitrogens with one attached hydrogen (secondary N) is 2. The highest BCUT2D eigenvalue weighted by Crippen LogP contribution is 2.27. The van der Waals surface area contributed by atoms with E-state index in [4.69, 9.17) is 0 Å². The monoisotopic (exact) mass is 327 g/mol. The molecule has 1 aromatic heterocycles. The van der Waals surface area contributed by atoms with E-state index in [2.05, 4.69) is 42.9 Å². The van der Waals surface area contributed by atoms with E-state index < -0.39 is 0 Å². The molecule has 1 fully saturated rings. The Kier molecular flexibility index (Phi) is 6.50. The molecule has 0 saturated carbocycles. The highest BCUT2D eigenvalue weighted by Gasteiger charge is 2.27. The average Bonchev–Trinajstić information content (AvgIpc) is 2.72. The van der Waals surface area contributed by atoms with E-state index in [1.54, 1.807) is 0 Å². The average molecular weight is 328 g/mol. The van der Waals surface area contributed by atoms with Crippen LogP contribution in [-0.2, 0) is 0 Å². The lowest BCUT2D eigenvalue weighted by Crippen LogP contribution is -2.43. The minimum Gasteiger partial charge on any atom is -0.351 e. The zero-order valence-corrected chi connectivity index (χ0v) is 15.3. The second-order valence-electron chi connectivity index (χ2n) is 6.99. The van der Waals surface area contributed by atoms with Crippen molar-refractivity contribution >= 4 is 18.3 Å². The van der Waals surface area contributed by atoms with Gasteiger partial charge in [-0.2, -0.15) is 0 Å². The molecule has 1 saturated heterocycles. The van der Waals surface area contributed by atoms with Crippen molar-refractivity contribution in [2.75, 3.05) is 19.6 Å². The van der Waals surface area contributed by atoms with Crippen molar-refractivity contribution in [1.29, 1.82) is 0 Å². The van der Waals surface area contributed by atoms with E-state index in [-0.39, 0.29) is 23.7 Å². The molecule has 126 valence electrons. The molecule has 0 bridgehead atoms. The summed E-state index contributed by atoms with van der Waals surface area (Å²) in [5.41, 5.74) is 3.26. The van der Waals surface area contributed by atoms with Crippen LogP contribution in [0.25, 0.3) is 0 Å². The number of piperidine rings is 1. The lowest BCUT2D eigenvalue weighted by molar-refractivity contribution is 0.0921. The molecule has 0 aliphatic carbocycles. The fourth-order valence-corrected chi connectivity index (χ4v) is 3.40. The van der Waals surface area contributed by atoms with E-state index in [9.17, 15) is 4.79 Å². The highest BCUT2D eigenvalue weighted by molar-refractivity contribution is 5.95. The first kappa shape index (κ1) is 19.0. The summed E-state index contributed by atoms with van der Waals surface area (Å²) in [5, 5.41) is 6.53. The Morgan fingerprint density at radius 2 is 1.95 bits per heavy atom. The van der Waals surface area contributed by atoms with Gasteiger partial charge < -0.3 is 15.2 Å². The van der Waals surface area contributed by atoms with Gasteiger partial charge in [0, 0.05) is 24.0 Å². The number of rotatable bonds is 4. The highest BCUT2D eigenvalue weighted by atomic mass is 35.5. The largest absolute Gasteiger partial charge is 0.351 e. The van der Waals surface area contributed by atoms with E-state index >= 15 is 0 Å². The van der Waals surface area contributed by atoms with Gasteiger partial charge >= 0.3 is 0 Å². The SMILES string of the molecule is Cc1cc(C(=O)NCC2(C)CCNCC2)c(C)n1C(C)C.Cl. The third-order valence-corrected chi connectivity index (χ3v) is 4.73. The van der Waals surface area contributed by atoms with Gasteiger partial charge in [0.15, 0.2) is 0 Å². The molecule has 5 heteroatoms. The molecule has 0 atom stereocenters. The summed E-state index contributed by atoms with van der Waals surface area (Å²) in [6.07, 6.45) is 2.25. The van der Waals surface area contributed by atoms with Crippen LogP contribution in [0.5, 0.6) is 0 Å². The summed E-state index contributed by atoms with van der Waals surface area (Å²) in [5.74, 6) is 0.0646. The first-order valence-corrected chi connectivity index (χ1v) is 8.01. The van der Waals surface area contributed by atoms with E-state index in [1.165, 1.54) is 0 Å². The maximum Gasteiger partial charge on any atom is 0.253 e. The number of aromatic nitrogens is 1. The third kappa shape index (κ3) is 4.05. The van der Waals surface area contributed by atoms with Crippen LogP contribution in [0.1, 0.15) is 61.4 Å². The van der Waals surface area contributed by atoms with Crippen LogP contribution < -0.4 is 10.6 Å². The van der Waals surface area contributed by atoms with Crippen LogP contribution in [-0.4, -0.2) is 30.1 Å². The minimum atomic E-state index is 0. The number of aryl methyl sites for hydroxylation is 1. The number of carbonyl (C=O) groups is 1. The molecule has 4 nitrogen and oxygen atoms in total. The summed E-state index contributed by atoms with van der Waals surface area (Å²) in [4.78, 5) is 12.5. The number of hydrogen-bond donors (Lipinski definition) is 2. The van der Waals surface area contributed by atoms with Gasteiger partial charge in [0.05, 0.1) is 5.56 Å². The maximum atomic E-state index is 12.5. The lowest BCUT2D eigenvalue weighted by Gasteiger charge is -2.34. The van der Waals surface area contributed by atoms with Crippen LogP contribution in [0.15, 0.2) is 6.07 Å². The van der Waals surface area contributed by atoms with Gasteiger partial charge in [-0.05, 0) is 65.1 Å². The van der Waals surface area contributed by atoms with E-state index in [0.29, 0.717) is 6.04 Å². The first-order valence-electron chi connectivity index (χ1n) is 8.01. The Morgan fingerprint density at radius 1 is 1.36 bits per heavy atom. The molecule has 0 radical (unpaired) electrons.